The Morgan fingerprint density at radius 1 is 0.963 bits per heavy atom. The van der Waals surface area contributed by atoms with Gasteiger partial charge in [-0.15, -0.1) is 0 Å². The topological polar surface area (TPSA) is 46.5 Å². The lowest BCUT2D eigenvalue weighted by Crippen LogP contribution is -2.61. The van der Waals surface area contributed by atoms with Crippen LogP contribution in [0.25, 0.3) is 0 Å². The Morgan fingerprint density at radius 3 is 1.85 bits per heavy atom. The van der Waals surface area contributed by atoms with Crippen LogP contribution in [0.5, 0.6) is 0 Å². The molecule has 0 aliphatic rings. The van der Waals surface area contributed by atoms with Crippen LogP contribution in [-0.4, -0.2) is 41.6 Å². The highest BCUT2D eigenvalue weighted by atomic mass is 19.4. The Morgan fingerprint density at radius 2 is 1.44 bits per heavy atom. The van der Waals surface area contributed by atoms with Crippen LogP contribution in [0.3, 0.4) is 0 Å². The molecule has 0 spiro atoms. The van der Waals surface area contributed by atoms with Gasteiger partial charge >= 0.3 is 29.9 Å². The second-order valence-electron chi connectivity index (χ2n) is 5.41. The van der Waals surface area contributed by atoms with E-state index in [1.54, 1.807) is 0 Å². The second-order valence-corrected chi connectivity index (χ2v) is 5.41. The first-order valence-corrected chi connectivity index (χ1v) is 7.23. The van der Waals surface area contributed by atoms with Crippen LogP contribution in [0.15, 0.2) is 24.3 Å². The molecule has 0 fully saturated rings. The van der Waals surface area contributed by atoms with E-state index < -0.39 is 48.0 Å². The molecule has 3 nitrogen and oxygen atoms in total. The fourth-order valence-electron chi connectivity index (χ4n) is 1.95. The van der Waals surface area contributed by atoms with Crippen molar-refractivity contribution in [3.63, 3.8) is 0 Å². The highest BCUT2D eigenvalue weighted by molar-refractivity contribution is 5.89. The molecule has 0 aromatic heterocycles. The number of esters is 1. The molecule has 1 unspecified atom stereocenters. The quantitative estimate of drug-likeness (QED) is 0.519. The number of benzene rings is 1. The molecule has 0 saturated carbocycles. The zero-order valence-electron chi connectivity index (χ0n) is 13.5. The zero-order chi connectivity index (χ0) is 21.3. The molecule has 27 heavy (non-hydrogen) atoms. The molecular weight excluding hydrogens is 399 g/mol. The van der Waals surface area contributed by atoms with E-state index in [4.69, 9.17) is 0 Å². The van der Waals surface area contributed by atoms with Crippen LogP contribution in [0, 0.1) is 0 Å². The maximum atomic E-state index is 13.5. The predicted octanol–water partition coefficient (Wildman–Crippen LogP) is 4.76. The number of hydrogen-bond acceptors (Lipinski definition) is 3. The fourth-order valence-corrected chi connectivity index (χ4v) is 1.95. The molecule has 0 aliphatic carbocycles. The Hall–Kier alpha value is -1.98. The molecule has 1 rings (SSSR count). The largest absolute Gasteiger partial charge is 0.462 e. The van der Waals surface area contributed by atoms with Crippen molar-refractivity contribution < 1.29 is 54.2 Å². The van der Waals surface area contributed by atoms with Gasteiger partial charge in [-0.3, -0.25) is 0 Å². The maximum absolute atomic E-state index is 13.5. The number of aliphatic hydroxyl groups is 1. The summed E-state index contributed by atoms with van der Waals surface area (Å²) in [5, 5.41) is 9.57. The highest BCUT2D eigenvalue weighted by Crippen LogP contribution is 2.55. The zero-order valence-corrected chi connectivity index (χ0v) is 13.5. The Kier molecular flexibility index (Phi) is 6.46. The van der Waals surface area contributed by atoms with Gasteiger partial charge in [0.2, 0.25) is 0 Å². The van der Waals surface area contributed by atoms with Crippen LogP contribution in [0.1, 0.15) is 35.4 Å². The number of alkyl halides is 9. The summed E-state index contributed by atoms with van der Waals surface area (Å²) in [4.78, 5) is 11.4. The molecule has 0 amide bonds. The average Bonchev–Trinajstić information content (AvgIpc) is 2.53. The summed E-state index contributed by atoms with van der Waals surface area (Å²) in [6.07, 6.45) is -11.8. The summed E-state index contributed by atoms with van der Waals surface area (Å²) >= 11 is 0. The molecule has 0 aliphatic heterocycles. The van der Waals surface area contributed by atoms with Crippen molar-refractivity contribution in [3.05, 3.63) is 35.4 Å². The van der Waals surface area contributed by atoms with Gasteiger partial charge in [-0.2, -0.15) is 39.5 Å². The third-order valence-electron chi connectivity index (χ3n) is 3.47. The number of carbonyl (C=O) groups is 1. The van der Waals surface area contributed by atoms with Crippen LogP contribution < -0.4 is 0 Å². The molecule has 0 saturated heterocycles. The summed E-state index contributed by atoms with van der Waals surface area (Å²) in [6, 6.07) is 3.62. The highest BCUT2D eigenvalue weighted by Gasteiger charge is 2.81. The summed E-state index contributed by atoms with van der Waals surface area (Å²) in [5.41, 5.74) is -0.595. The molecule has 1 N–H and O–H groups in total. The molecule has 12 heteroatoms. The Bertz CT molecular complexity index is 653. The van der Waals surface area contributed by atoms with E-state index >= 15 is 0 Å². The first kappa shape index (κ1) is 23.1. The minimum atomic E-state index is -7.02. The SMILES string of the molecule is CCOC(=O)c1ccc(C(O)CC(F)(F)C(F)(F)C(F)(F)C(F)(F)F)cc1. The van der Waals surface area contributed by atoms with Gasteiger partial charge < -0.3 is 9.84 Å². The minimum Gasteiger partial charge on any atom is -0.462 e. The third-order valence-corrected chi connectivity index (χ3v) is 3.47. The maximum Gasteiger partial charge on any atom is 0.460 e. The normalized spacial score (nSPS) is 14.8. The van der Waals surface area contributed by atoms with Gasteiger partial charge in [0.1, 0.15) is 0 Å². The van der Waals surface area contributed by atoms with Gasteiger partial charge in [-0.1, -0.05) is 12.1 Å². The summed E-state index contributed by atoms with van der Waals surface area (Å²) in [7, 11) is 0. The Balaban J connectivity index is 3.03. The third kappa shape index (κ3) is 4.47. The van der Waals surface area contributed by atoms with Crippen molar-refractivity contribution in [2.45, 2.75) is 43.4 Å². The van der Waals surface area contributed by atoms with Crippen LogP contribution in [-0.2, 0) is 4.74 Å². The van der Waals surface area contributed by atoms with E-state index in [2.05, 4.69) is 4.74 Å². The molecule has 0 radical (unpaired) electrons. The van der Waals surface area contributed by atoms with Crippen LogP contribution in [0.4, 0.5) is 39.5 Å². The fraction of sp³-hybridized carbons (Fsp3) is 0.533. The number of rotatable bonds is 7. The monoisotopic (exact) mass is 412 g/mol. The molecular formula is C15H13F9O3. The summed E-state index contributed by atoms with van der Waals surface area (Å²) in [6.45, 7) is 1.51. The predicted molar refractivity (Wildman–Crippen MR) is 72.9 cm³/mol. The number of carbonyl (C=O) groups excluding carboxylic acids is 1. The average molecular weight is 412 g/mol. The number of ether oxygens (including phenoxy) is 1. The molecule has 1 aromatic carbocycles. The van der Waals surface area contributed by atoms with E-state index in [0.717, 1.165) is 24.3 Å². The van der Waals surface area contributed by atoms with Crippen molar-refractivity contribution in [1.29, 1.82) is 0 Å². The summed E-state index contributed by atoms with van der Waals surface area (Å²) in [5.74, 6) is -20.5. The first-order chi connectivity index (χ1) is 12.1. The van der Waals surface area contributed by atoms with E-state index in [1.165, 1.54) is 6.92 Å². The second kappa shape index (κ2) is 7.56. The van der Waals surface area contributed by atoms with E-state index in [9.17, 15) is 49.4 Å². The number of aliphatic hydroxyl groups excluding tert-OH is 1. The molecule has 0 bridgehead atoms. The van der Waals surface area contributed by atoms with Crippen LogP contribution >= 0.6 is 0 Å². The molecule has 1 atom stereocenters. The number of hydrogen-bond donors (Lipinski definition) is 1. The minimum absolute atomic E-state index is 0.0118. The van der Waals surface area contributed by atoms with Crippen molar-refractivity contribution in [3.8, 4) is 0 Å². The Labute approximate surface area is 146 Å². The molecule has 1 aromatic rings. The summed E-state index contributed by atoms with van der Waals surface area (Å²) < 4.78 is 120. The van der Waals surface area contributed by atoms with Gasteiger partial charge in [-0.05, 0) is 24.6 Å². The van der Waals surface area contributed by atoms with Gasteiger partial charge in [0.25, 0.3) is 0 Å². The molecule has 0 heterocycles. The lowest BCUT2D eigenvalue weighted by Gasteiger charge is -2.34. The van der Waals surface area contributed by atoms with E-state index in [-0.39, 0.29) is 12.2 Å². The number of halogens is 9. The van der Waals surface area contributed by atoms with E-state index in [1.807, 2.05) is 0 Å². The van der Waals surface area contributed by atoms with Crippen molar-refractivity contribution in [2.24, 2.45) is 0 Å². The molecule has 154 valence electrons. The lowest BCUT2D eigenvalue weighted by molar-refractivity contribution is -0.398. The lowest BCUT2D eigenvalue weighted by atomic mass is 9.95. The van der Waals surface area contributed by atoms with E-state index in [0.29, 0.717) is 0 Å². The van der Waals surface area contributed by atoms with Crippen molar-refractivity contribution in [1.82, 2.24) is 0 Å². The first-order valence-electron chi connectivity index (χ1n) is 7.23. The van der Waals surface area contributed by atoms with Gasteiger partial charge in [0.15, 0.2) is 0 Å². The van der Waals surface area contributed by atoms with Crippen molar-refractivity contribution >= 4 is 5.97 Å². The van der Waals surface area contributed by atoms with Gasteiger partial charge in [0.05, 0.1) is 18.3 Å². The van der Waals surface area contributed by atoms with Gasteiger partial charge in [-0.25, -0.2) is 4.79 Å². The van der Waals surface area contributed by atoms with Gasteiger partial charge in [0, 0.05) is 6.42 Å². The standard InChI is InChI=1S/C15H13F9O3/c1-2-27-11(26)9-5-3-8(4-6-9)10(25)7-12(16,17)13(18,19)14(20,21)15(22,23)24/h3-6,10,25H,2,7H2,1H3. The van der Waals surface area contributed by atoms with Crippen LogP contribution in [0.2, 0.25) is 0 Å². The van der Waals surface area contributed by atoms with Crippen molar-refractivity contribution in [2.75, 3.05) is 6.61 Å². The smallest absolute Gasteiger partial charge is 0.460 e.